The zero-order chi connectivity index (χ0) is 47.0. The van der Waals surface area contributed by atoms with E-state index in [9.17, 15) is 14.7 Å². The number of hydrogen-bond acceptors (Lipinski definition) is 5. The molecule has 0 rings (SSSR count). The van der Waals surface area contributed by atoms with E-state index >= 15 is 0 Å². The van der Waals surface area contributed by atoms with Crippen LogP contribution in [0.1, 0.15) is 239 Å². The number of carbonyl (C=O) groups excluding carboxylic acids is 2. The van der Waals surface area contributed by atoms with Gasteiger partial charge < -0.3 is 14.6 Å². The first-order chi connectivity index (χ1) is 32.1. The fraction of sp³-hybridized carbons (Fsp3) is 0.667. The quantitative estimate of drug-likeness (QED) is 0.0374. The van der Waals surface area contributed by atoms with Crippen molar-refractivity contribution in [3.63, 3.8) is 0 Å². The van der Waals surface area contributed by atoms with Crippen LogP contribution in [0.3, 0.4) is 0 Å². The highest BCUT2D eigenvalue weighted by atomic mass is 16.6. The summed E-state index contributed by atoms with van der Waals surface area (Å²) in [5.41, 5.74) is 0. The molecule has 0 saturated carbocycles. The molecule has 0 aliphatic heterocycles. The third-order valence-corrected chi connectivity index (χ3v) is 11.3. The first kappa shape index (κ1) is 61.6. The normalized spacial score (nSPS) is 13.1. The van der Waals surface area contributed by atoms with Crippen LogP contribution in [0, 0.1) is 0 Å². The van der Waals surface area contributed by atoms with Gasteiger partial charge in [0.1, 0.15) is 6.61 Å². The third kappa shape index (κ3) is 53.1. The summed E-state index contributed by atoms with van der Waals surface area (Å²) in [6.45, 7) is 4.01. The van der Waals surface area contributed by atoms with Crippen molar-refractivity contribution in [2.75, 3.05) is 13.2 Å². The molecular formula is C60H100O5. The maximum absolute atomic E-state index is 12.3. The Kier molecular flexibility index (Phi) is 52.0. The zero-order valence-corrected chi connectivity index (χ0v) is 42.2. The van der Waals surface area contributed by atoms with Gasteiger partial charge in [0, 0.05) is 12.8 Å². The fourth-order valence-corrected chi connectivity index (χ4v) is 7.27. The minimum atomic E-state index is -0.781. The highest BCUT2D eigenvalue weighted by Crippen LogP contribution is 2.15. The topological polar surface area (TPSA) is 72.8 Å². The van der Waals surface area contributed by atoms with E-state index in [-0.39, 0.29) is 25.2 Å². The summed E-state index contributed by atoms with van der Waals surface area (Å²) < 4.78 is 10.7. The summed E-state index contributed by atoms with van der Waals surface area (Å²) in [5, 5.41) is 9.62. The second kappa shape index (κ2) is 54.9. The number of unbranched alkanes of at least 4 members (excludes halogenated alkanes) is 22. The standard InChI is InChI=1S/C60H100O5/c1-3-5-7-9-11-13-15-17-19-20-21-22-23-24-25-26-27-28-29-30-31-32-33-34-35-36-37-38-39-40-41-43-45-47-49-51-53-55-60(63)65-58(56-61)57-64-59(62)54-52-50-48-46-44-42-18-16-14-12-10-8-6-4-2/h5,7,11,13,16-19,21-22,24-25,27-28,30-31,33-34,58,61H,3-4,6,8-10,12,14-15,20,23,26,29,32,35-57H2,1-2H3/b7-5-,13-11-,18-16-,19-17-,22-21-,25-24-,28-27-,31-30-,34-33-. The lowest BCUT2D eigenvalue weighted by Crippen LogP contribution is -2.28. The van der Waals surface area contributed by atoms with Crippen LogP contribution < -0.4 is 0 Å². The molecule has 0 spiro atoms. The van der Waals surface area contributed by atoms with Crippen LogP contribution in [0.4, 0.5) is 0 Å². The van der Waals surface area contributed by atoms with Gasteiger partial charge in [0.2, 0.25) is 0 Å². The van der Waals surface area contributed by atoms with Crippen molar-refractivity contribution in [3.05, 3.63) is 109 Å². The Morgan fingerprint density at radius 2 is 0.662 bits per heavy atom. The van der Waals surface area contributed by atoms with Crippen LogP contribution in [0.15, 0.2) is 109 Å². The molecule has 0 saturated heterocycles. The Balaban J connectivity index is 3.55. The highest BCUT2D eigenvalue weighted by Gasteiger charge is 2.16. The van der Waals surface area contributed by atoms with Crippen LogP contribution in [-0.2, 0) is 19.1 Å². The third-order valence-electron chi connectivity index (χ3n) is 11.3. The minimum absolute atomic E-state index is 0.0743. The van der Waals surface area contributed by atoms with Gasteiger partial charge in [0.15, 0.2) is 6.10 Å². The number of ether oxygens (including phenoxy) is 2. The zero-order valence-electron chi connectivity index (χ0n) is 42.2. The van der Waals surface area contributed by atoms with Gasteiger partial charge in [0.05, 0.1) is 6.61 Å². The van der Waals surface area contributed by atoms with Gasteiger partial charge in [-0.15, -0.1) is 0 Å². The number of hydrogen-bond donors (Lipinski definition) is 1. The van der Waals surface area contributed by atoms with Crippen molar-refractivity contribution in [2.24, 2.45) is 0 Å². The minimum Gasteiger partial charge on any atom is -0.462 e. The number of aliphatic hydroxyl groups is 1. The predicted molar refractivity (Wildman–Crippen MR) is 283 cm³/mol. The maximum Gasteiger partial charge on any atom is 0.306 e. The molecule has 1 unspecified atom stereocenters. The Bertz CT molecular complexity index is 1290. The summed E-state index contributed by atoms with van der Waals surface area (Å²) in [6.07, 6.45) is 79.1. The van der Waals surface area contributed by atoms with Gasteiger partial charge in [-0.3, -0.25) is 9.59 Å². The number of rotatable bonds is 48. The summed E-state index contributed by atoms with van der Waals surface area (Å²) in [7, 11) is 0. The van der Waals surface area contributed by atoms with Gasteiger partial charge >= 0.3 is 11.9 Å². The number of carbonyl (C=O) groups is 2. The molecular weight excluding hydrogens is 801 g/mol. The van der Waals surface area contributed by atoms with Gasteiger partial charge in [-0.2, -0.15) is 0 Å². The molecule has 1 N–H and O–H groups in total. The van der Waals surface area contributed by atoms with Gasteiger partial charge in [-0.1, -0.05) is 232 Å². The van der Waals surface area contributed by atoms with E-state index in [1.54, 1.807) is 0 Å². The molecule has 0 aromatic rings. The summed E-state index contributed by atoms with van der Waals surface area (Å²) >= 11 is 0. The average molecular weight is 901 g/mol. The van der Waals surface area contributed by atoms with Crippen LogP contribution in [0.2, 0.25) is 0 Å². The summed E-state index contributed by atoms with van der Waals surface area (Å²) in [6, 6.07) is 0. The van der Waals surface area contributed by atoms with E-state index in [2.05, 4.69) is 123 Å². The van der Waals surface area contributed by atoms with E-state index in [1.165, 1.54) is 116 Å². The lowest BCUT2D eigenvalue weighted by atomic mass is 10.0. The Morgan fingerprint density at radius 1 is 0.369 bits per heavy atom. The smallest absolute Gasteiger partial charge is 0.306 e. The molecule has 0 amide bonds. The Hall–Kier alpha value is -3.44. The maximum atomic E-state index is 12.3. The van der Waals surface area contributed by atoms with Gasteiger partial charge in [-0.25, -0.2) is 0 Å². The molecule has 65 heavy (non-hydrogen) atoms. The molecule has 0 heterocycles. The molecule has 0 bridgehead atoms. The first-order valence-corrected chi connectivity index (χ1v) is 26.9. The molecule has 0 aliphatic carbocycles. The summed E-state index contributed by atoms with van der Waals surface area (Å²) in [5.74, 6) is -0.605. The van der Waals surface area contributed by atoms with Crippen LogP contribution >= 0.6 is 0 Å². The van der Waals surface area contributed by atoms with Crippen LogP contribution in [-0.4, -0.2) is 36.4 Å². The van der Waals surface area contributed by atoms with Crippen molar-refractivity contribution in [2.45, 2.75) is 245 Å². The second-order valence-electron chi connectivity index (χ2n) is 17.6. The van der Waals surface area contributed by atoms with E-state index in [0.717, 1.165) is 96.3 Å². The lowest BCUT2D eigenvalue weighted by molar-refractivity contribution is -0.161. The van der Waals surface area contributed by atoms with Gasteiger partial charge in [-0.05, 0) is 103 Å². The van der Waals surface area contributed by atoms with Crippen molar-refractivity contribution in [1.82, 2.24) is 0 Å². The SMILES string of the molecule is CC/C=C\C/C=C\C/C=C\C/C=C\C/C=C\C/C=C\C/C=C\C/C=C\CCCCCCCCCCCCCCC(=O)OC(CO)COC(=O)CCCCCCC/C=C\CCCCCCC. The Labute approximate surface area is 401 Å². The van der Waals surface area contributed by atoms with Crippen molar-refractivity contribution in [1.29, 1.82) is 0 Å². The molecule has 370 valence electrons. The van der Waals surface area contributed by atoms with Gasteiger partial charge in [0.25, 0.3) is 0 Å². The average Bonchev–Trinajstić information content (AvgIpc) is 3.31. The largest absolute Gasteiger partial charge is 0.462 e. The molecule has 1 atom stereocenters. The van der Waals surface area contributed by atoms with E-state index in [4.69, 9.17) is 9.47 Å². The number of aliphatic hydroxyl groups excluding tert-OH is 1. The van der Waals surface area contributed by atoms with E-state index < -0.39 is 6.10 Å². The monoisotopic (exact) mass is 901 g/mol. The molecule has 0 aromatic heterocycles. The molecule has 0 radical (unpaired) electrons. The van der Waals surface area contributed by atoms with Crippen molar-refractivity contribution < 1.29 is 24.2 Å². The summed E-state index contributed by atoms with van der Waals surface area (Å²) in [4.78, 5) is 24.4. The van der Waals surface area contributed by atoms with Crippen LogP contribution in [0.5, 0.6) is 0 Å². The number of esters is 2. The van der Waals surface area contributed by atoms with E-state index in [1.807, 2.05) is 0 Å². The van der Waals surface area contributed by atoms with Crippen molar-refractivity contribution >= 4 is 11.9 Å². The predicted octanol–water partition coefficient (Wildman–Crippen LogP) is 18.1. The number of allylic oxidation sites excluding steroid dienone is 18. The fourth-order valence-electron chi connectivity index (χ4n) is 7.27. The van der Waals surface area contributed by atoms with E-state index in [0.29, 0.717) is 12.8 Å². The first-order valence-electron chi connectivity index (χ1n) is 26.9. The Morgan fingerprint density at radius 3 is 1.02 bits per heavy atom. The molecule has 0 aliphatic rings. The lowest BCUT2D eigenvalue weighted by Gasteiger charge is -2.15. The molecule has 5 heteroatoms. The van der Waals surface area contributed by atoms with Crippen molar-refractivity contribution in [3.8, 4) is 0 Å². The molecule has 0 aromatic carbocycles. The molecule has 0 fully saturated rings. The van der Waals surface area contributed by atoms with Crippen LogP contribution in [0.25, 0.3) is 0 Å². The second-order valence-corrected chi connectivity index (χ2v) is 17.6. The molecule has 5 nitrogen and oxygen atoms in total. The highest BCUT2D eigenvalue weighted by molar-refractivity contribution is 5.70.